The zero-order valence-corrected chi connectivity index (χ0v) is 14.2. The van der Waals surface area contributed by atoms with Crippen molar-refractivity contribution in [2.45, 2.75) is 13.0 Å². The summed E-state index contributed by atoms with van der Waals surface area (Å²) in [5, 5.41) is 9.26. The van der Waals surface area contributed by atoms with E-state index in [-0.39, 0.29) is 23.1 Å². The lowest BCUT2D eigenvalue weighted by Crippen LogP contribution is -2.36. The molecule has 0 saturated carbocycles. The smallest absolute Gasteiger partial charge is 0.274 e. The average molecular weight is 371 g/mol. The number of carbonyl (C=O) groups is 2. The van der Waals surface area contributed by atoms with Gasteiger partial charge in [-0.3, -0.25) is 19.7 Å². The number of aromatic amines is 1. The van der Waals surface area contributed by atoms with E-state index in [1.807, 2.05) is 0 Å². The maximum atomic E-state index is 12.5. The van der Waals surface area contributed by atoms with Crippen LogP contribution in [-0.2, 0) is 13.0 Å². The van der Waals surface area contributed by atoms with Gasteiger partial charge in [-0.25, -0.2) is 10.1 Å². The van der Waals surface area contributed by atoms with E-state index in [0.717, 1.165) is 10.6 Å². The van der Waals surface area contributed by atoms with Gasteiger partial charge in [-0.15, -0.1) is 0 Å². The first-order valence-corrected chi connectivity index (χ1v) is 8.59. The predicted molar refractivity (Wildman–Crippen MR) is 92.1 cm³/mol. The molecule has 2 amide bonds. The molecule has 3 aromatic heterocycles. The number of furan rings is 1. The fraction of sp³-hybridized carbons (Fsp3) is 0.188. The minimum atomic E-state index is -0.358. The minimum Gasteiger partial charge on any atom is -0.472 e. The maximum Gasteiger partial charge on any atom is 0.274 e. The first-order valence-electron chi connectivity index (χ1n) is 7.77. The molecule has 2 N–H and O–H groups in total. The lowest BCUT2D eigenvalue weighted by atomic mass is 10.1. The van der Waals surface area contributed by atoms with Crippen molar-refractivity contribution >= 4 is 28.3 Å². The van der Waals surface area contributed by atoms with Gasteiger partial charge in [-0.2, -0.15) is 5.10 Å². The van der Waals surface area contributed by atoms with Gasteiger partial charge in [-0.1, -0.05) is 11.3 Å². The molecule has 1 aliphatic heterocycles. The van der Waals surface area contributed by atoms with E-state index in [1.54, 1.807) is 11.0 Å². The quantitative estimate of drug-likeness (QED) is 0.715. The highest BCUT2D eigenvalue weighted by Crippen LogP contribution is 2.29. The Kier molecular flexibility index (Phi) is 4.09. The number of nitrogens with one attached hydrogen (secondary N) is 2. The van der Waals surface area contributed by atoms with Gasteiger partial charge in [0, 0.05) is 23.9 Å². The van der Waals surface area contributed by atoms with Crippen LogP contribution in [0.4, 0.5) is 5.13 Å². The van der Waals surface area contributed by atoms with Crippen LogP contribution in [0.15, 0.2) is 39.9 Å². The van der Waals surface area contributed by atoms with Crippen LogP contribution in [0.2, 0.25) is 0 Å². The summed E-state index contributed by atoms with van der Waals surface area (Å²) in [6.07, 6.45) is 3.37. The fourth-order valence-electron chi connectivity index (χ4n) is 2.61. The summed E-state index contributed by atoms with van der Waals surface area (Å²) < 4.78 is 4.89. The van der Waals surface area contributed by atoms with Gasteiger partial charge in [0.2, 0.25) is 0 Å². The Bertz CT molecular complexity index is 1000. The number of hydrogen-bond donors (Lipinski definition) is 2. The number of nitrogens with zero attached hydrogens (tertiary/aromatic N) is 3. The highest BCUT2D eigenvalue weighted by atomic mass is 32.1. The number of hydrogen-bond acceptors (Lipinski definition) is 7. The molecule has 0 radical (unpaired) electrons. The molecule has 4 heterocycles. The second-order valence-corrected chi connectivity index (χ2v) is 6.72. The Balaban J connectivity index is 1.48. The van der Waals surface area contributed by atoms with Gasteiger partial charge in [-0.05, 0) is 12.1 Å². The molecule has 0 saturated heterocycles. The molecule has 0 spiro atoms. The number of fused-ring (bicyclic) bond motifs is 1. The Morgan fingerprint density at radius 2 is 2.19 bits per heavy atom. The number of amides is 2. The summed E-state index contributed by atoms with van der Waals surface area (Å²) in [6, 6.07) is 4.24. The number of rotatable bonds is 3. The lowest BCUT2D eigenvalue weighted by molar-refractivity contribution is 0.0728. The van der Waals surface area contributed by atoms with Crippen molar-refractivity contribution in [1.29, 1.82) is 0 Å². The molecule has 1 aliphatic rings. The Morgan fingerprint density at radius 3 is 2.92 bits per heavy atom. The van der Waals surface area contributed by atoms with Crippen molar-refractivity contribution in [3.8, 4) is 0 Å². The molecule has 3 aromatic rings. The minimum absolute atomic E-state index is 0.186. The van der Waals surface area contributed by atoms with Crippen molar-refractivity contribution < 1.29 is 14.0 Å². The van der Waals surface area contributed by atoms with E-state index in [4.69, 9.17) is 4.42 Å². The molecule has 9 nitrogen and oxygen atoms in total. The van der Waals surface area contributed by atoms with E-state index in [0.29, 0.717) is 30.2 Å². The number of anilines is 1. The van der Waals surface area contributed by atoms with Gasteiger partial charge in [0.05, 0.1) is 24.1 Å². The molecule has 0 aliphatic carbocycles. The van der Waals surface area contributed by atoms with Crippen LogP contribution in [0.1, 0.15) is 31.4 Å². The Morgan fingerprint density at radius 1 is 1.31 bits per heavy atom. The van der Waals surface area contributed by atoms with Gasteiger partial charge >= 0.3 is 0 Å². The lowest BCUT2D eigenvalue weighted by Gasteiger charge is -2.25. The highest BCUT2D eigenvalue weighted by Gasteiger charge is 2.26. The van der Waals surface area contributed by atoms with Crippen LogP contribution in [0, 0.1) is 0 Å². The first-order chi connectivity index (χ1) is 12.6. The van der Waals surface area contributed by atoms with Crippen molar-refractivity contribution in [3.05, 3.63) is 62.9 Å². The number of carbonyl (C=O) groups excluding carboxylic acids is 2. The SMILES string of the molecule is O=C(Nc1nc2c(s1)CN(C(=O)c1ccc(=O)[nH]n1)CC2)c1ccoc1. The van der Waals surface area contributed by atoms with E-state index < -0.39 is 0 Å². The van der Waals surface area contributed by atoms with Crippen LogP contribution in [0.3, 0.4) is 0 Å². The third-order valence-corrected chi connectivity index (χ3v) is 4.92. The van der Waals surface area contributed by atoms with Crippen molar-refractivity contribution in [1.82, 2.24) is 20.1 Å². The predicted octanol–water partition coefficient (Wildman–Crippen LogP) is 1.27. The highest BCUT2D eigenvalue weighted by molar-refractivity contribution is 7.15. The molecule has 4 rings (SSSR count). The Hall–Kier alpha value is -3.27. The molecule has 0 aromatic carbocycles. The second kappa shape index (κ2) is 6.56. The summed E-state index contributed by atoms with van der Waals surface area (Å²) in [6.45, 7) is 0.875. The molecular formula is C16H13N5O4S. The van der Waals surface area contributed by atoms with Crippen LogP contribution in [-0.4, -0.2) is 38.4 Å². The topological polar surface area (TPSA) is 121 Å². The van der Waals surface area contributed by atoms with E-state index in [9.17, 15) is 14.4 Å². The van der Waals surface area contributed by atoms with Crippen LogP contribution in [0.5, 0.6) is 0 Å². The van der Waals surface area contributed by atoms with Gasteiger partial charge in [0.15, 0.2) is 5.13 Å². The van der Waals surface area contributed by atoms with Gasteiger partial charge < -0.3 is 9.32 Å². The largest absolute Gasteiger partial charge is 0.472 e. The summed E-state index contributed by atoms with van der Waals surface area (Å²) in [7, 11) is 0. The summed E-state index contributed by atoms with van der Waals surface area (Å²) in [5.74, 6) is -0.556. The molecule has 0 bridgehead atoms. The molecule has 26 heavy (non-hydrogen) atoms. The first kappa shape index (κ1) is 16.2. The van der Waals surface area contributed by atoms with E-state index in [2.05, 4.69) is 20.5 Å². The van der Waals surface area contributed by atoms with Crippen LogP contribution >= 0.6 is 11.3 Å². The van der Waals surface area contributed by atoms with E-state index >= 15 is 0 Å². The van der Waals surface area contributed by atoms with Gasteiger partial charge in [0.25, 0.3) is 17.4 Å². The monoisotopic (exact) mass is 371 g/mol. The molecule has 10 heteroatoms. The summed E-state index contributed by atoms with van der Waals surface area (Å²) >= 11 is 1.33. The molecule has 132 valence electrons. The fourth-order valence-corrected chi connectivity index (χ4v) is 3.63. The van der Waals surface area contributed by atoms with Crippen LogP contribution < -0.4 is 10.9 Å². The number of aromatic nitrogens is 3. The van der Waals surface area contributed by atoms with Gasteiger partial charge in [0.1, 0.15) is 12.0 Å². The van der Waals surface area contributed by atoms with Crippen LogP contribution in [0.25, 0.3) is 0 Å². The van der Waals surface area contributed by atoms with E-state index in [1.165, 1.54) is 36.0 Å². The summed E-state index contributed by atoms with van der Waals surface area (Å²) in [4.78, 5) is 42.6. The average Bonchev–Trinajstić information content (AvgIpc) is 3.30. The van der Waals surface area contributed by atoms with Crippen molar-refractivity contribution in [2.75, 3.05) is 11.9 Å². The third kappa shape index (κ3) is 3.14. The molecule has 0 atom stereocenters. The standard InChI is InChI=1S/C16H13N5O4S/c22-13-2-1-11(19-20-13)15(24)21-5-3-10-12(7-21)26-16(17-10)18-14(23)9-4-6-25-8-9/h1-2,4,6,8H,3,5,7H2,(H,20,22)(H,17,18,23). The molecule has 0 unspecified atom stereocenters. The van der Waals surface area contributed by atoms with Crippen molar-refractivity contribution in [3.63, 3.8) is 0 Å². The second-order valence-electron chi connectivity index (χ2n) is 5.64. The zero-order valence-electron chi connectivity index (χ0n) is 13.4. The maximum absolute atomic E-state index is 12.5. The normalized spacial score (nSPS) is 13.3. The zero-order chi connectivity index (χ0) is 18.1. The molecule has 0 fully saturated rings. The molecular weight excluding hydrogens is 358 g/mol. The third-order valence-electron chi connectivity index (χ3n) is 3.92. The Labute approximate surface area is 150 Å². The number of H-pyrrole nitrogens is 1. The van der Waals surface area contributed by atoms with Crippen molar-refractivity contribution in [2.24, 2.45) is 0 Å². The summed E-state index contributed by atoms with van der Waals surface area (Å²) in [5.41, 5.74) is 1.11. The number of thiazole rings is 1.